The Morgan fingerprint density at radius 1 is 1.16 bits per heavy atom. The van der Waals surface area contributed by atoms with E-state index in [0.717, 1.165) is 0 Å². The minimum Gasteiger partial charge on any atom is -0.508 e. The number of ether oxygens (including phenoxy) is 2. The summed E-state index contributed by atoms with van der Waals surface area (Å²) in [6, 6.07) is 10.3. The second-order valence-corrected chi connectivity index (χ2v) is 3.69. The number of nitro benzene ring substituents is 1. The molecule has 0 aliphatic carbocycles. The molecule has 19 heavy (non-hydrogen) atoms. The summed E-state index contributed by atoms with van der Waals surface area (Å²) >= 11 is 0. The highest BCUT2D eigenvalue weighted by Crippen LogP contribution is 2.34. The molecule has 0 saturated carbocycles. The van der Waals surface area contributed by atoms with E-state index in [4.69, 9.17) is 9.47 Å². The van der Waals surface area contributed by atoms with Crippen molar-refractivity contribution >= 4 is 5.69 Å². The lowest BCUT2D eigenvalue weighted by Gasteiger charge is -2.08. The molecule has 0 aromatic heterocycles. The number of nitro groups is 1. The Balaban J connectivity index is 2.36. The van der Waals surface area contributed by atoms with Gasteiger partial charge in [-0.25, -0.2) is 0 Å². The lowest BCUT2D eigenvalue weighted by molar-refractivity contribution is -0.385. The molecule has 0 amide bonds. The Bertz CT molecular complexity index is 612. The summed E-state index contributed by atoms with van der Waals surface area (Å²) in [5.74, 6) is 0.702. The molecule has 0 aliphatic heterocycles. The van der Waals surface area contributed by atoms with Gasteiger partial charge in [-0.05, 0) is 6.07 Å². The van der Waals surface area contributed by atoms with Crippen LogP contribution in [0.25, 0.3) is 0 Å². The number of aromatic hydroxyl groups is 1. The van der Waals surface area contributed by atoms with Crippen molar-refractivity contribution in [2.75, 3.05) is 7.11 Å². The quantitative estimate of drug-likeness (QED) is 0.675. The molecular formula is C13H11NO5. The van der Waals surface area contributed by atoms with Crippen LogP contribution in [0.5, 0.6) is 23.0 Å². The Kier molecular flexibility index (Phi) is 3.51. The van der Waals surface area contributed by atoms with E-state index in [1.54, 1.807) is 12.1 Å². The minimum absolute atomic E-state index is 0.0482. The van der Waals surface area contributed by atoms with Gasteiger partial charge in [-0.2, -0.15) is 0 Å². The van der Waals surface area contributed by atoms with Crippen molar-refractivity contribution in [2.45, 2.75) is 0 Å². The van der Waals surface area contributed by atoms with E-state index in [9.17, 15) is 15.2 Å². The van der Waals surface area contributed by atoms with Crippen molar-refractivity contribution in [3.05, 3.63) is 52.6 Å². The topological polar surface area (TPSA) is 81.8 Å². The van der Waals surface area contributed by atoms with Crippen LogP contribution in [0.2, 0.25) is 0 Å². The summed E-state index contributed by atoms with van der Waals surface area (Å²) in [5.41, 5.74) is -0.148. The molecular weight excluding hydrogens is 250 g/mol. The molecule has 1 N–H and O–H groups in total. The molecule has 0 aliphatic rings. The lowest BCUT2D eigenvalue weighted by atomic mass is 10.3. The van der Waals surface area contributed by atoms with E-state index in [1.165, 1.54) is 37.4 Å². The Hall–Kier alpha value is -2.76. The first-order valence-electron chi connectivity index (χ1n) is 5.39. The fourth-order valence-electron chi connectivity index (χ4n) is 1.55. The van der Waals surface area contributed by atoms with E-state index >= 15 is 0 Å². The van der Waals surface area contributed by atoms with Gasteiger partial charge in [-0.3, -0.25) is 10.1 Å². The summed E-state index contributed by atoms with van der Waals surface area (Å²) in [4.78, 5) is 10.3. The highest BCUT2D eigenvalue weighted by Gasteiger charge is 2.15. The first-order chi connectivity index (χ1) is 9.10. The predicted octanol–water partition coefficient (Wildman–Crippen LogP) is 3.10. The number of benzene rings is 2. The van der Waals surface area contributed by atoms with E-state index in [0.29, 0.717) is 5.75 Å². The monoisotopic (exact) mass is 261 g/mol. The maximum absolute atomic E-state index is 10.9. The molecule has 0 bridgehead atoms. The van der Waals surface area contributed by atoms with E-state index < -0.39 is 4.92 Å². The highest BCUT2D eigenvalue weighted by molar-refractivity contribution is 5.50. The molecule has 6 nitrogen and oxygen atoms in total. The third-order valence-electron chi connectivity index (χ3n) is 2.39. The lowest BCUT2D eigenvalue weighted by Crippen LogP contribution is -1.93. The van der Waals surface area contributed by atoms with Crippen molar-refractivity contribution in [2.24, 2.45) is 0 Å². The molecule has 2 rings (SSSR count). The van der Waals surface area contributed by atoms with Gasteiger partial charge >= 0.3 is 5.69 Å². The van der Waals surface area contributed by atoms with Crippen molar-refractivity contribution in [3.8, 4) is 23.0 Å². The summed E-state index contributed by atoms with van der Waals surface area (Å²) in [6.45, 7) is 0. The van der Waals surface area contributed by atoms with Gasteiger partial charge in [-0.1, -0.05) is 12.1 Å². The second kappa shape index (κ2) is 5.26. The smallest absolute Gasteiger partial charge is 0.311 e. The molecule has 6 heteroatoms. The normalized spacial score (nSPS) is 9.95. The zero-order valence-electron chi connectivity index (χ0n) is 10.1. The van der Waals surface area contributed by atoms with Crippen LogP contribution < -0.4 is 9.47 Å². The van der Waals surface area contributed by atoms with Crippen molar-refractivity contribution in [1.29, 1.82) is 0 Å². The highest BCUT2D eigenvalue weighted by atomic mass is 16.6. The fourth-order valence-corrected chi connectivity index (χ4v) is 1.55. The number of para-hydroxylation sites is 2. The van der Waals surface area contributed by atoms with Gasteiger partial charge in [0.15, 0.2) is 0 Å². The third-order valence-corrected chi connectivity index (χ3v) is 2.39. The van der Waals surface area contributed by atoms with Gasteiger partial charge in [0.05, 0.1) is 12.0 Å². The van der Waals surface area contributed by atoms with E-state index in [2.05, 4.69) is 0 Å². The number of nitrogens with zero attached hydrogens (tertiary/aromatic N) is 1. The summed E-state index contributed by atoms with van der Waals surface area (Å²) in [7, 11) is 1.45. The summed E-state index contributed by atoms with van der Waals surface area (Å²) in [5, 5.41) is 20.3. The van der Waals surface area contributed by atoms with Crippen molar-refractivity contribution in [3.63, 3.8) is 0 Å². The average molecular weight is 261 g/mol. The van der Waals surface area contributed by atoms with E-state index in [-0.39, 0.29) is 22.9 Å². The zero-order valence-corrected chi connectivity index (χ0v) is 10.1. The molecule has 0 spiro atoms. The number of hydrogen-bond acceptors (Lipinski definition) is 5. The van der Waals surface area contributed by atoms with Gasteiger partial charge in [0.1, 0.15) is 17.2 Å². The van der Waals surface area contributed by atoms with Crippen LogP contribution in [-0.2, 0) is 0 Å². The van der Waals surface area contributed by atoms with Crippen LogP contribution in [0, 0.1) is 10.1 Å². The maximum Gasteiger partial charge on any atom is 0.311 e. The van der Waals surface area contributed by atoms with Crippen LogP contribution in [0.4, 0.5) is 5.69 Å². The van der Waals surface area contributed by atoms with Gasteiger partial charge in [0, 0.05) is 24.3 Å². The predicted molar refractivity (Wildman–Crippen MR) is 67.8 cm³/mol. The Morgan fingerprint density at radius 2 is 1.84 bits per heavy atom. The molecule has 0 heterocycles. The number of phenols is 1. The molecule has 0 saturated heterocycles. The third kappa shape index (κ3) is 2.92. The van der Waals surface area contributed by atoms with Gasteiger partial charge < -0.3 is 14.6 Å². The first kappa shape index (κ1) is 12.7. The number of rotatable bonds is 4. The summed E-state index contributed by atoms with van der Waals surface area (Å²) in [6.07, 6.45) is 0. The molecule has 98 valence electrons. The van der Waals surface area contributed by atoms with Gasteiger partial charge in [0.25, 0.3) is 0 Å². The van der Waals surface area contributed by atoms with Crippen molar-refractivity contribution in [1.82, 2.24) is 0 Å². The Morgan fingerprint density at radius 3 is 2.53 bits per heavy atom. The van der Waals surface area contributed by atoms with E-state index in [1.807, 2.05) is 0 Å². The van der Waals surface area contributed by atoms with Crippen LogP contribution in [0.15, 0.2) is 42.5 Å². The van der Waals surface area contributed by atoms with Crippen molar-refractivity contribution < 1.29 is 19.5 Å². The standard InChI is InChI=1S/C13H11NO5/c1-18-10-6-9(15)7-11(8-10)19-13-5-3-2-4-12(13)14(16)17/h2-8,15H,1H3. The van der Waals surface area contributed by atoms with Crippen LogP contribution in [0.1, 0.15) is 0 Å². The summed E-state index contributed by atoms with van der Waals surface area (Å²) < 4.78 is 10.4. The molecule has 0 radical (unpaired) electrons. The van der Waals surface area contributed by atoms with Crippen LogP contribution in [0.3, 0.4) is 0 Å². The molecule has 2 aromatic rings. The van der Waals surface area contributed by atoms with Crippen LogP contribution in [-0.4, -0.2) is 17.1 Å². The fraction of sp³-hybridized carbons (Fsp3) is 0.0769. The van der Waals surface area contributed by atoms with Crippen LogP contribution >= 0.6 is 0 Å². The second-order valence-electron chi connectivity index (χ2n) is 3.69. The number of hydrogen-bond donors (Lipinski definition) is 1. The first-order valence-corrected chi connectivity index (χ1v) is 5.39. The van der Waals surface area contributed by atoms with Gasteiger partial charge in [0.2, 0.25) is 5.75 Å². The Labute approximate surface area is 109 Å². The minimum atomic E-state index is -0.532. The number of phenolic OH excluding ortho intramolecular Hbond substituents is 1. The molecule has 0 unspecified atom stereocenters. The SMILES string of the molecule is COc1cc(O)cc(Oc2ccccc2[N+](=O)[O-])c1. The largest absolute Gasteiger partial charge is 0.508 e. The maximum atomic E-state index is 10.9. The average Bonchev–Trinajstić information content (AvgIpc) is 2.38. The molecule has 0 fully saturated rings. The zero-order chi connectivity index (χ0) is 13.8. The molecule has 2 aromatic carbocycles. The van der Waals surface area contributed by atoms with Gasteiger partial charge in [-0.15, -0.1) is 0 Å². The number of methoxy groups -OCH3 is 1. The molecule has 0 atom stereocenters.